The lowest BCUT2D eigenvalue weighted by atomic mass is 10.1. The van der Waals surface area contributed by atoms with Crippen molar-refractivity contribution in [1.82, 2.24) is 15.2 Å². The van der Waals surface area contributed by atoms with Crippen LogP contribution in [0.15, 0.2) is 29.4 Å². The van der Waals surface area contributed by atoms with Gasteiger partial charge in [0.2, 0.25) is 26.8 Å². The molecule has 12 heteroatoms. The number of H-pyrrole nitrogens is 1. The first-order chi connectivity index (χ1) is 11.2. The van der Waals surface area contributed by atoms with E-state index in [0.29, 0.717) is 0 Å². The number of ketones is 1. The first-order valence-corrected chi connectivity index (χ1v) is 8.04. The summed E-state index contributed by atoms with van der Waals surface area (Å²) in [4.78, 5) is 36.4. The molecule has 0 spiro atoms. The van der Waals surface area contributed by atoms with Crippen molar-refractivity contribution in [1.29, 1.82) is 0 Å². The Hall–Kier alpha value is -3.15. The van der Waals surface area contributed by atoms with Gasteiger partial charge in [0, 0.05) is 24.6 Å². The van der Waals surface area contributed by atoms with Crippen LogP contribution in [0, 0.1) is 10.1 Å². The molecule has 1 amide bonds. The van der Waals surface area contributed by atoms with Gasteiger partial charge in [-0.3, -0.25) is 25.0 Å². The van der Waals surface area contributed by atoms with Crippen LogP contribution in [0.1, 0.15) is 17.3 Å². The van der Waals surface area contributed by atoms with Crippen LogP contribution in [-0.4, -0.2) is 46.0 Å². The van der Waals surface area contributed by atoms with Gasteiger partial charge in [0.05, 0.1) is 4.92 Å². The van der Waals surface area contributed by atoms with Crippen LogP contribution in [0.2, 0.25) is 0 Å². The number of nitro benzene ring substituents is 1. The molecule has 2 rings (SSSR count). The van der Waals surface area contributed by atoms with Gasteiger partial charge in [0.25, 0.3) is 5.69 Å². The summed E-state index contributed by atoms with van der Waals surface area (Å²) in [5.41, 5.74) is -0.213. The fraction of sp³-hybridized carbons (Fsp3) is 0.167. The Morgan fingerprint density at radius 2 is 1.92 bits per heavy atom. The highest BCUT2D eigenvalue weighted by Crippen LogP contribution is 2.14. The molecular weight excluding hydrogens is 342 g/mol. The van der Waals surface area contributed by atoms with Crippen LogP contribution >= 0.6 is 0 Å². The minimum absolute atomic E-state index is 0.00535. The third-order valence-electron chi connectivity index (χ3n) is 2.77. The largest absolute Gasteiger partial charge is 0.293 e. The lowest BCUT2D eigenvalue weighted by Gasteiger charge is -2.01. The molecule has 1 aromatic carbocycles. The molecular formula is C12H11N5O6S. The second-order valence-electron chi connectivity index (χ2n) is 4.63. The molecule has 126 valence electrons. The minimum Gasteiger partial charge on any atom is -0.293 e. The Labute approximate surface area is 135 Å². The molecule has 0 unspecified atom stereocenters. The fourth-order valence-electron chi connectivity index (χ4n) is 1.69. The summed E-state index contributed by atoms with van der Waals surface area (Å²) in [5.74, 6) is -2.38. The number of hydrogen-bond donors (Lipinski definition) is 2. The minimum atomic E-state index is -4.11. The summed E-state index contributed by atoms with van der Waals surface area (Å²) < 4.78 is 24.2. The van der Waals surface area contributed by atoms with Crippen LogP contribution < -0.4 is 5.32 Å². The quantitative estimate of drug-likeness (QED) is 0.426. The maximum absolute atomic E-state index is 12.1. The van der Waals surface area contributed by atoms with Crippen LogP contribution in [0.5, 0.6) is 0 Å². The van der Waals surface area contributed by atoms with Gasteiger partial charge in [-0.15, -0.1) is 5.10 Å². The number of non-ortho nitro benzene ring substituents is 1. The second kappa shape index (κ2) is 6.54. The van der Waals surface area contributed by atoms with E-state index in [-0.39, 0.29) is 17.2 Å². The highest BCUT2D eigenvalue weighted by molar-refractivity contribution is 7.92. The summed E-state index contributed by atoms with van der Waals surface area (Å²) in [6, 6.07) is 4.53. The molecule has 0 fully saturated rings. The normalized spacial score (nSPS) is 11.0. The van der Waals surface area contributed by atoms with Gasteiger partial charge in [-0.25, -0.2) is 13.5 Å². The number of aromatic amines is 1. The molecule has 0 saturated heterocycles. The monoisotopic (exact) mass is 353 g/mol. The van der Waals surface area contributed by atoms with Crippen molar-refractivity contribution in [2.45, 2.75) is 12.1 Å². The zero-order chi connectivity index (χ0) is 17.9. The molecule has 24 heavy (non-hydrogen) atoms. The van der Waals surface area contributed by atoms with Crippen molar-refractivity contribution in [2.75, 3.05) is 11.1 Å². The standard InChI is InChI=1S/C12H11N5O6S/c1-7(18)13-11-14-12(16-15-11)24(22,23)6-10(19)8-2-4-9(5-3-8)17(20)21/h2-5H,6H2,1H3,(H2,13,14,15,16,18). The molecule has 2 N–H and O–H groups in total. The molecule has 11 nitrogen and oxygen atoms in total. The number of carbonyl (C=O) groups is 2. The van der Waals surface area contributed by atoms with Gasteiger partial charge in [0.15, 0.2) is 5.78 Å². The van der Waals surface area contributed by atoms with Crippen molar-refractivity contribution in [3.63, 3.8) is 0 Å². The van der Waals surface area contributed by atoms with E-state index in [2.05, 4.69) is 20.5 Å². The van der Waals surface area contributed by atoms with E-state index in [1.807, 2.05) is 0 Å². The Kier molecular flexibility index (Phi) is 4.69. The maximum Gasteiger partial charge on any atom is 0.269 e. The first kappa shape index (κ1) is 17.2. The number of rotatable bonds is 6. The van der Waals surface area contributed by atoms with Crippen molar-refractivity contribution in [3.8, 4) is 0 Å². The number of nitrogens with one attached hydrogen (secondary N) is 2. The number of nitro groups is 1. The van der Waals surface area contributed by atoms with Gasteiger partial charge >= 0.3 is 0 Å². The van der Waals surface area contributed by atoms with E-state index in [9.17, 15) is 28.1 Å². The Balaban J connectivity index is 2.16. The average molecular weight is 353 g/mol. The topological polar surface area (TPSA) is 165 Å². The number of hydrogen-bond acceptors (Lipinski definition) is 8. The fourth-order valence-corrected chi connectivity index (χ4v) is 2.75. The first-order valence-electron chi connectivity index (χ1n) is 6.39. The highest BCUT2D eigenvalue weighted by atomic mass is 32.2. The van der Waals surface area contributed by atoms with E-state index in [1.165, 1.54) is 19.1 Å². The molecule has 0 radical (unpaired) electrons. The lowest BCUT2D eigenvalue weighted by molar-refractivity contribution is -0.384. The van der Waals surface area contributed by atoms with Gasteiger partial charge in [0.1, 0.15) is 5.75 Å². The second-order valence-corrected chi connectivity index (χ2v) is 6.54. The van der Waals surface area contributed by atoms with E-state index >= 15 is 0 Å². The maximum atomic E-state index is 12.1. The third kappa shape index (κ3) is 3.98. The van der Waals surface area contributed by atoms with Crippen LogP contribution in [0.4, 0.5) is 11.6 Å². The number of aromatic nitrogens is 3. The number of nitrogens with zero attached hydrogens (tertiary/aromatic N) is 3. The Morgan fingerprint density at radius 3 is 2.46 bits per heavy atom. The van der Waals surface area contributed by atoms with Crippen molar-refractivity contribution < 1.29 is 22.9 Å². The summed E-state index contributed by atoms with van der Waals surface area (Å²) in [5, 5.41) is 17.8. The van der Waals surface area contributed by atoms with E-state index < -0.39 is 37.4 Å². The summed E-state index contributed by atoms with van der Waals surface area (Å²) in [7, 11) is -4.11. The highest BCUT2D eigenvalue weighted by Gasteiger charge is 2.25. The van der Waals surface area contributed by atoms with E-state index in [0.717, 1.165) is 12.1 Å². The Bertz CT molecular complexity index is 902. The number of benzene rings is 1. The smallest absolute Gasteiger partial charge is 0.269 e. The number of sulfone groups is 1. The van der Waals surface area contributed by atoms with Crippen molar-refractivity contribution in [2.24, 2.45) is 0 Å². The molecule has 0 aliphatic rings. The number of amides is 1. The number of anilines is 1. The Morgan fingerprint density at radius 1 is 1.29 bits per heavy atom. The van der Waals surface area contributed by atoms with Crippen molar-refractivity contribution in [3.05, 3.63) is 39.9 Å². The molecule has 2 aromatic rings. The third-order valence-corrected chi connectivity index (χ3v) is 4.18. The van der Waals surface area contributed by atoms with Gasteiger partial charge in [-0.2, -0.15) is 4.98 Å². The van der Waals surface area contributed by atoms with Gasteiger partial charge in [-0.05, 0) is 12.1 Å². The molecule has 0 aliphatic heterocycles. The molecule has 0 saturated carbocycles. The zero-order valence-electron chi connectivity index (χ0n) is 12.2. The molecule has 0 bridgehead atoms. The molecule has 1 heterocycles. The van der Waals surface area contributed by atoms with E-state index in [1.54, 1.807) is 0 Å². The predicted octanol–water partition coefficient (Wildman–Crippen LogP) is 0.328. The molecule has 0 atom stereocenters. The zero-order valence-corrected chi connectivity index (χ0v) is 13.0. The molecule has 1 aromatic heterocycles. The molecule has 0 aliphatic carbocycles. The van der Waals surface area contributed by atoms with Crippen molar-refractivity contribution >= 4 is 33.2 Å². The summed E-state index contributed by atoms with van der Waals surface area (Å²) in [6.07, 6.45) is 0. The van der Waals surface area contributed by atoms with Crippen LogP contribution in [-0.2, 0) is 14.6 Å². The summed E-state index contributed by atoms with van der Waals surface area (Å²) >= 11 is 0. The van der Waals surface area contributed by atoms with Crippen LogP contribution in [0.3, 0.4) is 0 Å². The summed E-state index contributed by atoms with van der Waals surface area (Å²) in [6.45, 7) is 1.20. The number of carbonyl (C=O) groups excluding carboxylic acids is 2. The van der Waals surface area contributed by atoms with Gasteiger partial charge < -0.3 is 0 Å². The van der Waals surface area contributed by atoms with Gasteiger partial charge in [-0.1, -0.05) is 0 Å². The number of Topliss-reactive ketones (excluding diaryl/α,β-unsaturated/α-hetero) is 1. The lowest BCUT2D eigenvalue weighted by Crippen LogP contribution is -2.17. The predicted molar refractivity (Wildman–Crippen MR) is 80.2 cm³/mol. The SMILES string of the molecule is CC(=O)Nc1n[nH]c(S(=O)(=O)CC(=O)c2ccc([N+](=O)[O-])cc2)n1. The van der Waals surface area contributed by atoms with Crippen LogP contribution in [0.25, 0.3) is 0 Å². The van der Waals surface area contributed by atoms with E-state index in [4.69, 9.17) is 0 Å². The average Bonchev–Trinajstić information content (AvgIpc) is 2.95.